The number of urea groups is 1. The van der Waals surface area contributed by atoms with E-state index in [1.54, 1.807) is 0 Å². The van der Waals surface area contributed by atoms with Crippen molar-refractivity contribution in [3.05, 3.63) is 35.5 Å². The van der Waals surface area contributed by atoms with Gasteiger partial charge in [-0.15, -0.1) is 0 Å². The van der Waals surface area contributed by atoms with Gasteiger partial charge in [-0.25, -0.2) is 4.79 Å². The van der Waals surface area contributed by atoms with Crippen molar-refractivity contribution < 1.29 is 4.79 Å². The lowest BCUT2D eigenvalue weighted by atomic mass is 9.91. The highest BCUT2D eigenvalue weighted by Gasteiger charge is 2.22. The number of rotatable bonds is 1. The van der Waals surface area contributed by atoms with Crippen LogP contribution in [-0.4, -0.2) is 17.1 Å². The molecule has 1 aliphatic carbocycles. The molecule has 1 aromatic carbocycles. The molecule has 0 spiro atoms. The maximum Gasteiger partial charge on any atom is 0.312 e. The summed E-state index contributed by atoms with van der Waals surface area (Å²) in [5.74, 6) is 0. The van der Waals surface area contributed by atoms with Crippen molar-refractivity contribution in [2.75, 3.05) is 0 Å². The van der Waals surface area contributed by atoms with Crippen molar-refractivity contribution in [2.24, 2.45) is 5.73 Å². The first-order valence-corrected chi connectivity index (χ1v) is 5.88. The van der Waals surface area contributed by atoms with Gasteiger partial charge in [-0.1, -0.05) is 18.2 Å². The smallest absolute Gasteiger partial charge is 0.312 e. The molecule has 2 amide bonds. The third-order valence-electron chi connectivity index (χ3n) is 3.44. The largest absolute Gasteiger partial charge is 0.358 e. The highest BCUT2D eigenvalue weighted by Crippen LogP contribution is 2.28. The number of amides is 2. The van der Waals surface area contributed by atoms with Crippen molar-refractivity contribution in [3.8, 4) is 0 Å². The van der Waals surface area contributed by atoms with E-state index in [0.29, 0.717) is 0 Å². The predicted molar refractivity (Wildman–Crippen MR) is 66.8 cm³/mol. The third kappa shape index (κ3) is 1.75. The van der Waals surface area contributed by atoms with Crippen LogP contribution in [0.1, 0.15) is 17.7 Å². The van der Waals surface area contributed by atoms with Gasteiger partial charge in [0.05, 0.1) is 0 Å². The molecule has 0 aliphatic heterocycles. The quantitative estimate of drug-likeness (QED) is 0.684. The lowest BCUT2D eigenvalue weighted by Crippen LogP contribution is -2.41. The predicted octanol–water partition coefficient (Wildman–Crippen LogP) is 1.69. The number of aryl methyl sites for hydroxylation is 1. The summed E-state index contributed by atoms with van der Waals surface area (Å²) in [5.41, 5.74) is 8.98. The van der Waals surface area contributed by atoms with E-state index in [1.165, 1.54) is 22.2 Å². The Morgan fingerprint density at radius 1 is 1.41 bits per heavy atom. The van der Waals surface area contributed by atoms with Crippen LogP contribution in [0.2, 0.25) is 0 Å². The zero-order valence-corrected chi connectivity index (χ0v) is 9.49. The minimum Gasteiger partial charge on any atom is -0.358 e. The molecule has 17 heavy (non-hydrogen) atoms. The summed E-state index contributed by atoms with van der Waals surface area (Å²) in [5, 5.41) is 4.06. The molecule has 88 valence electrons. The fourth-order valence-corrected chi connectivity index (χ4v) is 2.69. The number of benzene rings is 1. The number of H-pyrrole nitrogens is 1. The Hall–Kier alpha value is -1.97. The standard InChI is InChI=1S/C13H15N3O/c14-13(17)15-8-5-6-12-10(7-8)9-3-1-2-4-11(9)16-12/h1-4,8,16H,5-7H2,(H3,14,15,17). The molecule has 4 N–H and O–H groups in total. The molecule has 2 aromatic rings. The highest BCUT2D eigenvalue weighted by atomic mass is 16.2. The van der Waals surface area contributed by atoms with Crippen LogP contribution >= 0.6 is 0 Å². The van der Waals surface area contributed by atoms with Gasteiger partial charge in [0.2, 0.25) is 0 Å². The molecule has 0 saturated heterocycles. The lowest BCUT2D eigenvalue weighted by Gasteiger charge is -2.22. The van der Waals surface area contributed by atoms with E-state index in [0.717, 1.165) is 19.3 Å². The summed E-state index contributed by atoms with van der Waals surface area (Å²) in [6.45, 7) is 0. The molecule has 4 nitrogen and oxygen atoms in total. The average molecular weight is 229 g/mol. The van der Waals surface area contributed by atoms with Crippen LogP contribution in [0.4, 0.5) is 4.79 Å². The van der Waals surface area contributed by atoms with Crippen LogP contribution in [0, 0.1) is 0 Å². The minimum absolute atomic E-state index is 0.166. The number of aromatic nitrogens is 1. The maximum absolute atomic E-state index is 10.9. The molecular weight excluding hydrogens is 214 g/mol. The van der Waals surface area contributed by atoms with Crippen LogP contribution in [0.15, 0.2) is 24.3 Å². The number of carbonyl (C=O) groups is 1. The summed E-state index contributed by atoms with van der Waals surface area (Å²) in [6, 6.07) is 8.02. The summed E-state index contributed by atoms with van der Waals surface area (Å²) < 4.78 is 0. The van der Waals surface area contributed by atoms with Crippen molar-refractivity contribution in [1.82, 2.24) is 10.3 Å². The Kier molecular flexibility index (Phi) is 2.28. The van der Waals surface area contributed by atoms with Crippen LogP contribution in [0.5, 0.6) is 0 Å². The second-order valence-corrected chi connectivity index (χ2v) is 4.58. The Morgan fingerprint density at radius 3 is 3.06 bits per heavy atom. The molecule has 1 aromatic heterocycles. The van der Waals surface area contributed by atoms with E-state index in [-0.39, 0.29) is 6.04 Å². The van der Waals surface area contributed by atoms with Crippen molar-refractivity contribution in [3.63, 3.8) is 0 Å². The lowest BCUT2D eigenvalue weighted by molar-refractivity contribution is 0.244. The SMILES string of the molecule is NC(=O)NC1CCc2[nH]c3ccccc3c2C1. The van der Waals surface area contributed by atoms with Crippen LogP contribution in [0.25, 0.3) is 10.9 Å². The molecule has 0 bridgehead atoms. The van der Waals surface area contributed by atoms with E-state index < -0.39 is 6.03 Å². The first-order valence-electron chi connectivity index (χ1n) is 5.88. The minimum atomic E-state index is -0.432. The molecule has 0 fully saturated rings. The van der Waals surface area contributed by atoms with Gasteiger partial charge in [-0.3, -0.25) is 0 Å². The average Bonchev–Trinajstić information content (AvgIpc) is 2.66. The van der Waals surface area contributed by atoms with Gasteiger partial charge in [0, 0.05) is 22.6 Å². The monoisotopic (exact) mass is 229 g/mol. The first kappa shape index (κ1) is 10.2. The molecule has 4 heteroatoms. The van der Waals surface area contributed by atoms with Gasteiger partial charge in [0.25, 0.3) is 0 Å². The highest BCUT2D eigenvalue weighted by molar-refractivity contribution is 5.85. The van der Waals surface area contributed by atoms with Crippen LogP contribution in [0.3, 0.4) is 0 Å². The zero-order chi connectivity index (χ0) is 11.8. The van der Waals surface area contributed by atoms with E-state index >= 15 is 0 Å². The second kappa shape index (κ2) is 3.80. The molecule has 3 rings (SSSR count). The molecule has 1 atom stereocenters. The van der Waals surface area contributed by atoms with Crippen molar-refractivity contribution in [1.29, 1.82) is 0 Å². The maximum atomic E-state index is 10.9. The number of para-hydroxylation sites is 1. The summed E-state index contributed by atoms with van der Waals surface area (Å²) in [4.78, 5) is 14.3. The number of carbonyl (C=O) groups excluding carboxylic acids is 1. The van der Waals surface area contributed by atoms with E-state index in [9.17, 15) is 4.79 Å². The van der Waals surface area contributed by atoms with Gasteiger partial charge in [0.1, 0.15) is 0 Å². The van der Waals surface area contributed by atoms with E-state index in [1.807, 2.05) is 12.1 Å². The second-order valence-electron chi connectivity index (χ2n) is 4.58. The van der Waals surface area contributed by atoms with Crippen molar-refractivity contribution >= 4 is 16.9 Å². The number of hydrogen-bond donors (Lipinski definition) is 3. The summed E-state index contributed by atoms with van der Waals surface area (Å²) >= 11 is 0. The number of nitrogens with one attached hydrogen (secondary N) is 2. The topological polar surface area (TPSA) is 70.9 Å². The Bertz CT molecular complexity index is 573. The molecule has 1 unspecified atom stereocenters. The molecular formula is C13H15N3O. The molecule has 0 saturated carbocycles. The first-order chi connectivity index (χ1) is 8.24. The van der Waals surface area contributed by atoms with Gasteiger partial charge in [-0.2, -0.15) is 0 Å². The number of aromatic amines is 1. The van der Waals surface area contributed by atoms with Crippen LogP contribution in [-0.2, 0) is 12.8 Å². The molecule has 1 heterocycles. The van der Waals surface area contributed by atoms with E-state index in [4.69, 9.17) is 5.73 Å². The van der Waals surface area contributed by atoms with E-state index in [2.05, 4.69) is 22.4 Å². The Morgan fingerprint density at radius 2 is 2.24 bits per heavy atom. The third-order valence-corrected chi connectivity index (χ3v) is 3.44. The molecule has 1 aliphatic rings. The summed E-state index contributed by atoms with van der Waals surface area (Å²) in [6.07, 6.45) is 2.78. The zero-order valence-electron chi connectivity index (χ0n) is 9.49. The number of nitrogens with two attached hydrogens (primary N) is 1. The van der Waals surface area contributed by atoms with Gasteiger partial charge in [-0.05, 0) is 30.9 Å². The number of fused-ring (bicyclic) bond motifs is 3. The van der Waals surface area contributed by atoms with Gasteiger partial charge < -0.3 is 16.0 Å². The van der Waals surface area contributed by atoms with Crippen LogP contribution < -0.4 is 11.1 Å². The number of primary amides is 1. The Balaban J connectivity index is 1.97. The Labute approximate surface area is 99.2 Å². The summed E-state index contributed by atoms with van der Waals surface area (Å²) in [7, 11) is 0. The molecule has 0 radical (unpaired) electrons. The van der Waals surface area contributed by atoms with Gasteiger partial charge >= 0.3 is 6.03 Å². The fourth-order valence-electron chi connectivity index (χ4n) is 2.69. The van der Waals surface area contributed by atoms with Crippen molar-refractivity contribution in [2.45, 2.75) is 25.3 Å². The number of hydrogen-bond acceptors (Lipinski definition) is 1. The fraction of sp³-hybridized carbons (Fsp3) is 0.308. The normalized spacial score (nSPS) is 18.9. The van der Waals surface area contributed by atoms with Gasteiger partial charge in [0.15, 0.2) is 0 Å².